The number of halogens is 1. The van der Waals surface area contributed by atoms with E-state index in [1.54, 1.807) is 0 Å². The van der Waals surface area contributed by atoms with Crippen molar-refractivity contribution in [1.29, 1.82) is 5.26 Å². The Labute approximate surface area is 112 Å². The predicted molar refractivity (Wildman–Crippen MR) is 69.5 cm³/mol. The number of nitrogens with zero attached hydrogens (tertiary/aromatic N) is 3. The van der Waals surface area contributed by atoms with Crippen molar-refractivity contribution in [2.45, 2.75) is 39.7 Å². The van der Waals surface area contributed by atoms with Gasteiger partial charge in [0.2, 0.25) is 0 Å². The quantitative estimate of drug-likeness (QED) is 0.846. The second-order valence-corrected chi connectivity index (χ2v) is 5.26. The molecule has 0 aromatic carbocycles. The van der Waals surface area contributed by atoms with Crippen LogP contribution in [0.5, 0.6) is 0 Å². The first-order chi connectivity index (χ1) is 8.62. The summed E-state index contributed by atoms with van der Waals surface area (Å²) in [6.45, 7) is 5.94. The molecule has 0 N–H and O–H groups in total. The van der Waals surface area contributed by atoms with Gasteiger partial charge in [-0.15, -0.1) is 0 Å². The molecule has 0 aliphatic carbocycles. The minimum atomic E-state index is -0.443. The zero-order chi connectivity index (χ0) is 13.2. The Kier molecular flexibility index (Phi) is 3.94. The first kappa shape index (κ1) is 13.4. The van der Waals surface area contributed by atoms with Crippen molar-refractivity contribution in [3.63, 3.8) is 0 Å². The number of rotatable bonds is 3. The van der Waals surface area contributed by atoms with Gasteiger partial charge in [-0.25, -0.2) is 0 Å². The Morgan fingerprint density at radius 3 is 2.94 bits per heavy atom. The summed E-state index contributed by atoms with van der Waals surface area (Å²) in [5.41, 5.74) is 1.35. The molecule has 1 aromatic heterocycles. The second kappa shape index (κ2) is 5.29. The van der Waals surface area contributed by atoms with E-state index in [0.717, 1.165) is 37.4 Å². The summed E-state index contributed by atoms with van der Waals surface area (Å²) in [4.78, 5) is 0. The van der Waals surface area contributed by atoms with Crippen LogP contribution in [0.4, 0.5) is 0 Å². The molecule has 5 heteroatoms. The lowest BCUT2D eigenvalue weighted by Crippen LogP contribution is -2.33. The number of aryl methyl sites for hydroxylation is 2. The molecule has 0 radical (unpaired) electrons. The summed E-state index contributed by atoms with van der Waals surface area (Å²) in [7, 11) is 0. The Morgan fingerprint density at radius 2 is 2.39 bits per heavy atom. The summed E-state index contributed by atoms with van der Waals surface area (Å²) in [5.74, 6) is 0. The molecule has 1 unspecified atom stereocenters. The highest BCUT2D eigenvalue weighted by Crippen LogP contribution is 2.34. The van der Waals surface area contributed by atoms with E-state index < -0.39 is 5.41 Å². The maximum absolute atomic E-state index is 9.46. The van der Waals surface area contributed by atoms with Gasteiger partial charge in [0, 0.05) is 19.6 Å². The van der Waals surface area contributed by atoms with Crippen molar-refractivity contribution >= 4 is 11.6 Å². The summed E-state index contributed by atoms with van der Waals surface area (Å²) in [5, 5.41) is 14.5. The summed E-state index contributed by atoms with van der Waals surface area (Å²) >= 11 is 6.30. The Morgan fingerprint density at radius 1 is 1.61 bits per heavy atom. The molecule has 4 nitrogen and oxygen atoms in total. The molecule has 0 saturated carbocycles. The van der Waals surface area contributed by atoms with Crippen LogP contribution in [0.1, 0.15) is 31.2 Å². The van der Waals surface area contributed by atoms with Crippen molar-refractivity contribution in [2.24, 2.45) is 5.41 Å². The van der Waals surface area contributed by atoms with Crippen molar-refractivity contribution in [3.8, 4) is 6.07 Å². The van der Waals surface area contributed by atoms with Gasteiger partial charge in [-0.3, -0.25) is 4.68 Å². The standard InChI is InChI=1S/C13H18ClN3O/c1-3-17-11(12(14)10(2)16-17)7-13(8-15)5-4-6-18-9-13/h3-7,9H2,1-2H3. The third kappa shape index (κ3) is 2.38. The van der Waals surface area contributed by atoms with E-state index in [0.29, 0.717) is 18.1 Å². The highest BCUT2D eigenvalue weighted by molar-refractivity contribution is 6.31. The van der Waals surface area contributed by atoms with Gasteiger partial charge >= 0.3 is 0 Å². The summed E-state index contributed by atoms with van der Waals surface area (Å²) in [6.07, 6.45) is 2.43. The number of nitriles is 1. The lowest BCUT2D eigenvalue weighted by Gasteiger charge is -2.30. The van der Waals surface area contributed by atoms with Gasteiger partial charge in [0.15, 0.2) is 0 Å². The third-order valence-electron chi connectivity index (χ3n) is 3.52. The molecule has 0 amide bonds. The van der Waals surface area contributed by atoms with E-state index in [2.05, 4.69) is 11.2 Å². The van der Waals surface area contributed by atoms with E-state index in [1.165, 1.54) is 0 Å². The van der Waals surface area contributed by atoms with Crippen molar-refractivity contribution < 1.29 is 4.74 Å². The van der Waals surface area contributed by atoms with Crippen LogP contribution in [0, 0.1) is 23.7 Å². The van der Waals surface area contributed by atoms with Gasteiger partial charge in [-0.1, -0.05) is 11.6 Å². The van der Waals surface area contributed by atoms with Crippen LogP contribution in [-0.4, -0.2) is 23.0 Å². The molecule has 2 heterocycles. The molecule has 0 bridgehead atoms. The molecule has 1 saturated heterocycles. The van der Waals surface area contributed by atoms with Crippen LogP contribution in [-0.2, 0) is 17.7 Å². The van der Waals surface area contributed by atoms with Gasteiger partial charge in [-0.05, 0) is 26.7 Å². The number of ether oxygens (including phenoxy) is 1. The molecule has 1 fully saturated rings. The number of hydrogen-bond donors (Lipinski definition) is 0. The summed E-state index contributed by atoms with van der Waals surface area (Å²) in [6, 6.07) is 2.43. The van der Waals surface area contributed by atoms with Gasteiger partial charge in [0.25, 0.3) is 0 Å². The molecule has 1 aliphatic heterocycles. The molecule has 0 spiro atoms. The molecule has 1 aliphatic rings. The molecule has 1 aromatic rings. The fourth-order valence-electron chi connectivity index (χ4n) is 2.48. The lowest BCUT2D eigenvalue weighted by atomic mass is 9.80. The SMILES string of the molecule is CCn1nc(C)c(Cl)c1CC1(C#N)CCCOC1. The first-order valence-corrected chi connectivity index (χ1v) is 6.70. The van der Waals surface area contributed by atoms with Crippen LogP contribution in [0.2, 0.25) is 5.02 Å². The number of aromatic nitrogens is 2. The molecular weight excluding hydrogens is 250 g/mol. The van der Waals surface area contributed by atoms with E-state index >= 15 is 0 Å². The zero-order valence-corrected chi connectivity index (χ0v) is 11.6. The largest absolute Gasteiger partial charge is 0.380 e. The molecule has 1 atom stereocenters. The fraction of sp³-hybridized carbons (Fsp3) is 0.692. The maximum atomic E-state index is 9.46. The average molecular weight is 268 g/mol. The topological polar surface area (TPSA) is 50.8 Å². The van der Waals surface area contributed by atoms with Crippen molar-refractivity contribution in [2.75, 3.05) is 13.2 Å². The second-order valence-electron chi connectivity index (χ2n) is 4.89. The Balaban J connectivity index is 2.30. The van der Waals surface area contributed by atoms with E-state index in [9.17, 15) is 5.26 Å². The van der Waals surface area contributed by atoms with Crippen LogP contribution in [0.15, 0.2) is 0 Å². The third-order valence-corrected chi connectivity index (χ3v) is 4.01. The Bertz CT molecular complexity index is 469. The normalized spacial score (nSPS) is 23.9. The molecular formula is C13H18ClN3O. The fourth-order valence-corrected chi connectivity index (χ4v) is 2.68. The molecule has 18 heavy (non-hydrogen) atoms. The highest BCUT2D eigenvalue weighted by atomic mass is 35.5. The Hall–Kier alpha value is -1.05. The van der Waals surface area contributed by atoms with Gasteiger partial charge in [0.1, 0.15) is 0 Å². The summed E-state index contributed by atoms with van der Waals surface area (Å²) < 4.78 is 7.37. The van der Waals surface area contributed by atoms with Crippen LogP contribution >= 0.6 is 11.6 Å². The van der Waals surface area contributed by atoms with E-state index in [1.807, 2.05) is 18.5 Å². The van der Waals surface area contributed by atoms with Crippen molar-refractivity contribution in [1.82, 2.24) is 9.78 Å². The highest BCUT2D eigenvalue weighted by Gasteiger charge is 2.35. The van der Waals surface area contributed by atoms with E-state index in [-0.39, 0.29) is 0 Å². The van der Waals surface area contributed by atoms with Crippen molar-refractivity contribution in [3.05, 3.63) is 16.4 Å². The van der Waals surface area contributed by atoms with E-state index in [4.69, 9.17) is 16.3 Å². The van der Waals surface area contributed by atoms with Crippen LogP contribution in [0.25, 0.3) is 0 Å². The smallest absolute Gasteiger partial charge is 0.0863 e. The van der Waals surface area contributed by atoms with Gasteiger partial charge in [0.05, 0.1) is 34.5 Å². The average Bonchev–Trinajstić information content (AvgIpc) is 2.67. The maximum Gasteiger partial charge on any atom is 0.0863 e. The zero-order valence-electron chi connectivity index (χ0n) is 10.9. The minimum Gasteiger partial charge on any atom is -0.380 e. The number of hydrogen-bond acceptors (Lipinski definition) is 3. The first-order valence-electron chi connectivity index (χ1n) is 6.32. The lowest BCUT2D eigenvalue weighted by molar-refractivity contribution is 0.0215. The molecule has 98 valence electrons. The van der Waals surface area contributed by atoms with Gasteiger partial charge in [-0.2, -0.15) is 10.4 Å². The van der Waals surface area contributed by atoms with Gasteiger partial charge < -0.3 is 4.74 Å². The monoisotopic (exact) mass is 267 g/mol. The molecule has 2 rings (SSSR count). The van der Waals surface area contributed by atoms with Crippen LogP contribution in [0.3, 0.4) is 0 Å². The van der Waals surface area contributed by atoms with Crippen LogP contribution < -0.4 is 0 Å². The minimum absolute atomic E-state index is 0.443. The predicted octanol–water partition coefficient (Wildman–Crippen LogP) is 2.73.